The van der Waals surface area contributed by atoms with Crippen LogP contribution in [0.1, 0.15) is 0 Å². The van der Waals surface area contributed by atoms with Gasteiger partial charge in [0.2, 0.25) is 0 Å². The Labute approximate surface area is 66.5 Å². The van der Waals surface area contributed by atoms with Crippen molar-refractivity contribution in [2.24, 2.45) is 0 Å². The number of hydrogen-bond acceptors (Lipinski definition) is 1. The summed E-state index contributed by atoms with van der Waals surface area (Å²) in [5.74, 6) is 0. The largest absolute Gasteiger partial charge is 0.166 e. The van der Waals surface area contributed by atoms with Gasteiger partial charge in [-0.1, -0.05) is 0 Å². The standard InChI is InChI=1S/Cl2O.Os.Ru/c1-3-2;;. The molecule has 0 spiro atoms. The van der Waals surface area contributed by atoms with E-state index in [4.69, 9.17) is 0 Å². The molecule has 0 fully saturated rings. The van der Waals surface area contributed by atoms with Crippen molar-refractivity contribution in [3.63, 3.8) is 0 Å². The molecular formula is Cl2OOsRu. The summed E-state index contributed by atoms with van der Waals surface area (Å²) in [5.41, 5.74) is 0. The maximum Gasteiger partial charge on any atom is 0.0832 e. The average Bonchev–Trinajstić information content (AvgIpc) is 0.918. The topological polar surface area (TPSA) is 9.23 Å². The van der Waals surface area contributed by atoms with Crippen molar-refractivity contribution in [1.29, 1.82) is 0 Å². The van der Waals surface area contributed by atoms with Crippen molar-refractivity contribution in [3.05, 3.63) is 0 Å². The van der Waals surface area contributed by atoms with E-state index in [0.717, 1.165) is 0 Å². The minimum Gasteiger partial charge on any atom is -0.166 e. The van der Waals surface area contributed by atoms with Crippen LogP contribution in [-0.2, 0) is 43.1 Å². The van der Waals surface area contributed by atoms with Gasteiger partial charge in [-0.15, -0.1) is 0 Å². The molecule has 0 aliphatic heterocycles. The van der Waals surface area contributed by atoms with Crippen molar-refractivity contribution in [2.75, 3.05) is 0 Å². The van der Waals surface area contributed by atoms with E-state index >= 15 is 0 Å². The predicted molar refractivity (Wildman–Crippen MR) is 12.8 cm³/mol. The molecule has 1 nitrogen and oxygen atoms in total. The van der Waals surface area contributed by atoms with Crippen molar-refractivity contribution >= 4 is 23.7 Å². The van der Waals surface area contributed by atoms with Gasteiger partial charge in [-0.2, -0.15) is 3.84 Å². The van der Waals surface area contributed by atoms with E-state index in [1.54, 1.807) is 0 Å². The maximum atomic E-state index is 4.26. The second kappa shape index (κ2) is 17.0. The molecule has 0 aromatic heterocycles. The van der Waals surface area contributed by atoms with Crippen LogP contribution in [0.4, 0.5) is 0 Å². The minimum atomic E-state index is 0. The second-order valence-corrected chi connectivity index (χ2v) is 0.525. The molecule has 0 atom stereocenters. The summed E-state index contributed by atoms with van der Waals surface area (Å²) >= 11 is 8.53. The first-order chi connectivity index (χ1) is 1.41. The van der Waals surface area contributed by atoms with Crippen LogP contribution in [0.3, 0.4) is 0 Å². The zero-order chi connectivity index (χ0) is 2.71. The smallest absolute Gasteiger partial charge is 0.0832 e. The molecule has 0 aromatic rings. The van der Waals surface area contributed by atoms with Gasteiger partial charge in [0.25, 0.3) is 0 Å². The monoisotopic (exact) mass is 380 g/mol. The van der Waals surface area contributed by atoms with Gasteiger partial charge in [-0.25, -0.2) is 0 Å². The molecule has 36 valence electrons. The quantitative estimate of drug-likeness (QED) is 0.578. The van der Waals surface area contributed by atoms with Crippen LogP contribution in [0.25, 0.3) is 0 Å². The molecule has 0 aliphatic rings. The first-order valence-electron chi connectivity index (χ1n) is 0.309. The third-order valence-electron chi connectivity index (χ3n) is 0. The Morgan fingerprint density at radius 2 is 1.20 bits per heavy atom. The Bertz CT molecular complexity index is 9.61. The summed E-state index contributed by atoms with van der Waals surface area (Å²) in [6.45, 7) is 0. The van der Waals surface area contributed by atoms with Gasteiger partial charge < -0.3 is 0 Å². The molecule has 0 radical (unpaired) electrons. The van der Waals surface area contributed by atoms with Gasteiger partial charge in [0.15, 0.2) is 0 Å². The van der Waals surface area contributed by atoms with E-state index in [1.807, 2.05) is 0 Å². The molecule has 0 N–H and O–H groups in total. The van der Waals surface area contributed by atoms with Gasteiger partial charge >= 0.3 is 0 Å². The fraction of sp³-hybridized carbons (Fsp3) is 0. The van der Waals surface area contributed by atoms with Crippen LogP contribution < -0.4 is 0 Å². The Hall–Kier alpha value is 1.80. The summed E-state index contributed by atoms with van der Waals surface area (Å²) in [6, 6.07) is 0. The fourth-order valence-corrected chi connectivity index (χ4v) is 0. The SMILES string of the molecule is ClOCl.[Os].[Ru]. The summed E-state index contributed by atoms with van der Waals surface area (Å²) in [6.07, 6.45) is 0. The molecular weight excluding hydrogens is 378 g/mol. The van der Waals surface area contributed by atoms with Crippen molar-refractivity contribution in [2.45, 2.75) is 0 Å². The summed E-state index contributed by atoms with van der Waals surface area (Å²) < 4.78 is 3.19. The van der Waals surface area contributed by atoms with Gasteiger partial charge in [0, 0.05) is 39.3 Å². The Kier molecular flexibility index (Phi) is 54.0. The molecule has 0 aromatic carbocycles. The summed E-state index contributed by atoms with van der Waals surface area (Å²) in [5, 5.41) is 0. The number of halogens is 2. The van der Waals surface area contributed by atoms with E-state index in [9.17, 15) is 0 Å². The summed E-state index contributed by atoms with van der Waals surface area (Å²) in [7, 11) is 0. The second-order valence-electron chi connectivity index (χ2n) is 0.0583. The van der Waals surface area contributed by atoms with E-state index < -0.39 is 0 Å². The minimum absolute atomic E-state index is 0. The van der Waals surface area contributed by atoms with E-state index in [-0.39, 0.29) is 39.3 Å². The Balaban J connectivity index is -0.0000000200. The molecule has 0 aliphatic carbocycles. The Morgan fingerprint density at radius 3 is 1.20 bits per heavy atom. The van der Waals surface area contributed by atoms with E-state index in [0.29, 0.717) is 0 Å². The van der Waals surface area contributed by atoms with E-state index in [1.165, 1.54) is 0 Å². The first-order valence-corrected chi connectivity index (χ1v) is 0.926. The number of hydrogen-bond donors (Lipinski definition) is 0. The molecule has 0 heterocycles. The van der Waals surface area contributed by atoms with Crippen LogP contribution in [-0.4, -0.2) is 0 Å². The zero-order valence-electron chi connectivity index (χ0n) is 1.87. The molecule has 0 amide bonds. The van der Waals surface area contributed by atoms with Crippen molar-refractivity contribution < 1.29 is 43.1 Å². The van der Waals surface area contributed by atoms with Gasteiger partial charge in [0.05, 0.1) is 23.7 Å². The normalized spacial score (nSPS) is 3.60. The van der Waals surface area contributed by atoms with Crippen LogP contribution in [0.2, 0.25) is 0 Å². The van der Waals surface area contributed by atoms with Crippen molar-refractivity contribution in [3.8, 4) is 0 Å². The summed E-state index contributed by atoms with van der Waals surface area (Å²) in [4.78, 5) is 0. The van der Waals surface area contributed by atoms with Gasteiger partial charge in [-0.3, -0.25) is 0 Å². The fourth-order valence-electron chi connectivity index (χ4n) is 0. The van der Waals surface area contributed by atoms with Crippen LogP contribution >= 0.6 is 23.7 Å². The van der Waals surface area contributed by atoms with Crippen LogP contribution in [0, 0.1) is 0 Å². The Morgan fingerprint density at radius 1 is 1.20 bits per heavy atom. The zero-order valence-corrected chi connectivity index (χ0v) is 7.66. The molecule has 0 saturated heterocycles. The third kappa shape index (κ3) is 25.9. The first kappa shape index (κ1) is 15.8. The van der Waals surface area contributed by atoms with Gasteiger partial charge in [0.1, 0.15) is 0 Å². The molecule has 5 heavy (non-hydrogen) atoms. The molecule has 0 bridgehead atoms. The average molecular weight is 378 g/mol. The molecule has 5 heteroatoms. The van der Waals surface area contributed by atoms with Crippen molar-refractivity contribution in [1.82, 2.24) is 0 Å². The van der Waals surface area contributed by atoms with Crippen LogP contribution in [0.5, 0.6) is 0 Å². The van der Waals surface area contributed by atoms with E-state index in [2.05, 4.69) is 27.6 Å². The molecule has 0 saturated carbocycles. The maximum absolute atomic E-state index is 4.26. The number of rotatable bonds is 0. The molecule has 0 rings (SSSR count). The third-order valence-corrected chi connectivity index (χ3v) is 0. The van der Waals surface area contributed by atoms with Gasteiger partial charge in [-0.05, 0) is 0 Å². The molecule has 0 unspecified atom stereocenters. The predicted octanol–water partition coefficient (Wildman–Crippen LogP) is 1.31. The van der Waals surface area contributed by atoms with Crippen LogP contribution in [0.15, 0.2) is 0 Å².